The van der Waals surface area contributed by atoms with Crippen LogP contribution in [-0.4, -0.2) is 16.7 Å². The average Bonchev–Trinajstić information content (AvgIpc) is 2.88. The number of unbranched alkanes of at least 4 members (excludes halogenated alkanes) is 1. The Kier molecular flexibility index (Phi) is 4.59. The third-order valence-corrected chi connectivity index (χ3v) is 2.67. The minimum Gasteiger partial charge on any atom is -0.494 e. The molecule has 0 bridgehead atoms. The summed E-state index contributed by atoms with van der Waals surface area (Å²) in [6.07, 6.45) is 2.16. The molecule has 0 spiro atoms. The molecule has 0 unspecified atom stereocenters. The van der Waals surface area contributed by atoms with Crippen LogP contribution in [0.1, 0.15) is 25.7 Å². The van der Waals surface area contributed by atoms with Crippen molar-refractivity contribution in [1.82, 2.24) is 10.1 Å². The summed E-state index contributed by atoms with van der Waals surface area (Å²) in [5, 5.41) is 3.87. The zero-order valence-corrected chi connectivity index (χ0v) is 11.0. The van der Waals surface area contributed by atoms with Gasteiger partial charge in [-0.2, -0.15) is 4.98 Å². The van der Waals surface area contributed by atoms with Crippen molar-refractivity contribution in [1.29, 1.82) is 0 Å². The molecule has 0 N–H and O–H groups in total. The summed E-state index contributed by atoms with van der Waals surface area (Å²) >= 11 is 5.62. The predicted octanol–water partition coefficient (Wildman–Crippen LogP) is 3.65. The first-order valence-corrected chi connectivity index (χ1v) is 6.48. The molecule has 0 atom stereocenters. The highest BCUT2D eigenvalue weighted by atomic mass is 35.5. The monoisotopic (exact) mass is 266 g/mol. The maximum Gasteiger partial charge on any atom is 0.241 e. The Morgan fingerprint density at radius 1 is 1.39 bits per heavy atom. The Labute approximate surface area is 111 Å². The van der Waals surface area contributed by atoms with Crippen LogP contribution in [0.15, 0.2) is 28.8 Å². The fourth-order valence-corrected chi connectivity index (χ4v) is 1.59. The SMILES string of the molecule is CCCCOc1cccc(-c2noc(CCl)n2)c1. The topological polar surface area (TPSA) is 48.2 Å². The van der Waals surface area contributed by atoms with Gasteiger partial charge in [0.2, 0.25) is 11.7 Å². The average molecular weight is 267 g/mol. The molecule has 4 nitrogen and oxygen atoms in total. The van der Waals surface area contributed by atoms with Crippen molar-refractivity contribution >= 4 is 11.6 Å². The highest BCUT2D eigenvalue weighted by molar-refractivity contribution is 6.16. The molecule has 1 heterocycles. The van der Waals surface area contributed by atoms with Gasteiger partial charge in [0, 0.05) is 5.56 Å². The van der Waals surface area contributed by atoms with E-state index in [0.717, 1.165) is 30.8 Å². The Balaban J connectivity index is 2.11. The van der Waals surface area contributed by atoms with Crippen molar-refractivity contribution in [2.45, 2.75) is 25.6 Å². The van der Waals surface area contributed by atoms with Crippen molar-refractivity contribution in [3.63, 3.8) is 0 Å². The van der Waals surface area contributed by atoms with Gasteiger partial charge in [-0.3, -0.25) is 0 Å². The van der Waals surface area contributed by atoms with Crippen LogP contribution in [0, 0.1) is 0 Å². The Bertz CT molecular complexity index is 499. The second-order valence-corrected chi connectivity index (χ2v) is 4.14. The number of alkyl halides is 1. The number of hydrogen-bond acceptors (Lipinski definition) is 4. The van der Waals surface area contributed by atoms with Crippen LogP contribution in [0.25, 0.3) is 11.4 Å². The van der Waals surface area contributed by atoms with E-state index in [4.69, 9.17) is 20.9 Å². The van der Waals surface area contributed by atoms with E-state index >= 15 is 0 Å². The summed E-state index contributed by atoms with van der Waals surface area (Å²) < 4.78 is 10.6. The van der Waals surface area contributed by atoms with Gasteiger partial charge in [0.1, 0.15) is 11.6 Å². The van der Waals surface area contributed by atoms with Crippen molar-refractivity contribution in [3.8, 4) is 17.1 Å². The zero-order chi connectivity index (χ0) is 12.8. The molecule has 0 saturated carbocycles. The van der Waals surface area contributed by atoms with Crippen LogP contribution < -0.4 is 4.74 Å². The Morgan fingerprint density at radius 2 is 2.28 bits per heavy atom. The largest absolute Gasteiger partial charge is 0.494 e. The van der Waals surface area contributed by atoms with Crippen LogP contribution >= 0.6 is 11.6 Å². The molecular formula is C13H15ClN2O2. The molecule has 0 amide bonds. The van der Waals surface area contributed by atoms with Gasteiger partial charge in [0.25, 0.3) is 0 Å². The van der Waals surface area contributed by atoms with Crippen molar-refractivity contribution in [2.75, 3.05) is 6.61 Å². The lowest BCUT2D eigenvalue weighted by atomic mass is 10.2. The molecule has 2 aromatic rings. The minimum atomic E-state index is 0.222. The molecule has 1 aromatic heterocycles. The summed E-state index contributed by atoms with van der Waals surface area (Å²) in [5.41, 5.74) is 0.865. The van der Waals surface area contributed by atoms with Gasteiger partial charge in [-0.25, -0.2) is 0 Å². The summed E-state index contributed by atoms with van der Waals surface area (Å²) in [5.74, 6) is 1.99. The first-order chi connectivity index (χ1) is 8.83. The molecule has 0 aliphatic heterocycles. The van der Waals surface area contributed by atoms with E-state index in [1.807, 2.05) is 24.3 Å². The second kappa shape index (κ2) is 6.40. The van der Waals surface area contributed by atoms with Gasteiger partial charge in [0.05, 0.1) is 6.61 Å². The van der Waals surface area contributed by atoms with Crippen molar-refractivity contribution in [3.05, 3.63) is 30.2 Å². The smallest absolute Gasteiger partial charge is 0.241 e. The highest BCUT2D eigenvalue weighted by Crippen LogP contribution is 2.22. The van der Waals surface area contributed by atoms with Crippen molar-refractivity contribution < 1.29 is 9.26 Å². The van der Waals surface area contributed by atoms with Gasteiger partial charge < -0.3 is 9.26 Å². The van der Waals surface area contributed by atoms with E-state index in [1.54, 1.807) is 0 Å². The van der Waals surface area contributed by atoms with Crippen LogP contribution in [0.4, 0.5) is 0 Å². The van der Waals surface area contributed by atoms with E-state index < -0.39 is 0 Å². The van der Waals surface area contributed by atoms with Crippen LogP contribution in [0.5, 0.6) is 5.75 Å². The van der Waals surface area contributed by atoms with Gasteiger partial charge in [0.15, 0.2) is 0 Å². The molecule has 5 heteroatoms. The van der Waals surface area contributed by atoms with E-state index in [2.05, 4.69) is 17.1 Å². The third kappa shape index (κ3) is 3.23. The third-order valence-electron chi connectivity index (χ3n) is 2.44. The minimum absolute atomic E-state index is 0.222. The molecule has 0 aliphatic carbocycles. The van der Waals surface area contributed by atoms with Crippen LogP contribution in [-0.2, 0) is 5.88 Å². The fourth-order valence-electron chi connectivity index (χ4n) is 1.49. The van der Waals surface area contributed by atoms with Crippen LogP contribution in [0.2, 0.25) is 0 Å². The molecule has 2 rings (SSSR count). The summed E-state index contributed by atoms with van der Waals surface area (Å²) in [4.78, 5) is 4.17. The van der Waals surface area contributed by atoms with Gasteiger partial charge in [-0.05, 0) is 18.6 Å². The first-order valence-electron chi connectivity index (χ1n) is 5.95. The number of nitrogens with zero attached hydrogens (tertiary/aromatic N) is 2. The van der Waals surface area contributed by atoms with E-state index in [-0.39, 0.29) is 5.88 Å². The van der Waals surface area contributed by atoms with Gasteiger partial charge in [-0.15, -0.1) is 11.6 Å². The second-order valence-electron chi connectivity index (χ2n) is 3.88. The Morgan fingerprint density at radius 3 is 3.00 bits per heavy atom. The standard InChI is InChI=1S/C13H15ClN2O2/c1-2-3-7-17-11-6-4-5-10(8-11)13-15-12(9-14)18-16-13/h4-6,8H,2-3,7,9H2,1H3. The number of ether oxygens (including phenoxy) is 1. The molecule has 1 aromatic carbocycles. The van der Waals surface area contributed by atoms with E-state index in [0.29, 0.717) is 11.7 Å². The highest BCUT2D eigenvalue weighted by Gasteiger charge is 2.08. The van der Waals surface area contributed by atoms with E-state index in [1.165, 1.54) is 0 Å². The molecule has 0 radical (unpaired) electrons. The number of hydrogen-bond donors (Lipinski definition) is 0. The lowest BCUT2D eigenvalue weighted by Gasteiger charge is -2.05. The summed E-state index contributed by atoms with van der Waals surface area (Å²) in [6, 6.07) is 7.64. The maximum atomic E-state index is 5.63. The molecule has 96 valence electrons. The van der Waals surface area contributed by atoms with Crippen LogP contribution in [0.3, 0.4) is 0 Å². The fraction of sp³-hybridized carbons (Fsp3) is 0.385. The van der Waals surface area contributed by atoms with Gasteiger partial charge >= 0.3 is 0 Å². The quantitative estimate of drug-likeness (QED) is 0.591. The maximum absolute atomic E-state index is 5.63. The zero-order valence-electron chi connectivity index (χ0n) is 10.2. The lowest BCUT2D eigenvalue weighted by Crippen LogP contribution is -1.96. The normalized spacial score (nSPS) is 10.6. The lowest BCUT2D eigenvalue weighted by molar-refractivity contribution is 0.309. The Hall–Kier alpha value is -1.55. The number of benzene rings is 1. The molecule has 0 aliphatic rings. The predicted molar refractivity (Wildman–Crippen MR) is 69.7 cm³/mol. The number of aromatic nitrogens is 2. The summed E-state index contributed by atoms with van der Waals surface area (Å²) in [7, 11) is 0. The molecule has 0 fully saturated rings. The van der Waals surface area contributed by atoms with Crippen molar-refractivity contribution in [2.24, 2.45) is 0 Å². The summed E-state index contributed by atoms with van der Waals surface area (Å²) in [6.45, 7) is 2.85. The first kappa shape index (κ1) is 12.9. The van der Waals surface area contributed by atoms with E-state index in [9.17, 15) is 0 Å². The number of rotatable bonds is 6. The molecular weight excluding hydrogens is 252 g/mol. The van der Waals surface area contributed by atoms with Gasteiger partial charge in [-0.1, -0.05) is 30.6 Å². The molecule has 0 saturated heterocycles. The molecule has 18 heavy (non-hydrogen) atoms. The number of halogens is 1.